The normalized spacial score (nSPS) is 27.3. The van der Waals surface area contributed by atoms with Crippen molar-refractivity contribution in [2.75, 3.05) is 13.2 Å². The van der Waals surface area contributed by atoms with Crippen LogP contribution in [0, 0.1) is 12.8 Å². The predicted molar refractivity (Wildman–Crippen MR) is 210 cm³/mol. The number of aryl methyl sites for hydroxylation is 2. The Morgan fingerprint density at radius 2 is 1.69 bits per heavy atom. The van der Waals surface area contributed by atoms with E-state index in [4.69, 9.17) is 9.47 Å². The summed E-state index contributed by atoms with van der Waals surface area (Å²) in [5, 5.41) is 4.92. The molecule has 24 heteroatoms. The number of hydrogen-bond acceptors (Lipinski definition) is 10. The summed E-state index contributed by atoms with van der Waals surface area (Å²) in [5.41, 5.74) is -7.07. The van der Waals surface area contributed by atoms with E-state index in [1.165, 1.54) is 25.1 Å². The molecule has 7 rings (SSSR count). The van der Waals surface area contributed by atoms with Gasteiger partial charge in [-0.3, -0.25) is 19.1 Å². The largest absolute Gasteiger partial charge is 0.484 e. The highest BCUT2D eigenvalue weighted by Gasteiger charge is 2.71. The third kappa shape index (κ3) is 9.36. The molecule has 5 atom stereocenters. The number of benzene rings is 1. The Balaban J connectivity index is 1.24. The topological polar surface area (TPSA) is 182 Å². The SMILES string of the molecule is Cc1nc2ccc(OCC(F)(F)F)cc2c2c1OC1(CC2)CC2C(=O)NC3(C(=O)NS(=O)(=O)C4(C)CC4)CC3C=CCCCCCC(NC(=O)OC(C)(C(F)(F)F)C(F)(F)F)C(=O)N2C1. The van der Waals surface area contributed by atoms with Gasteiger partial charge in [0, 0.05) is 23.3 Å². The number of carbonyl (C=O) groups is 4. The summed E-state index contributed by atoms with van der Waals surface area (Å²) < 4.78 is 164. The molecule has 1 aromatic carbocycles. The number of ether oxygens (including phenoxy) is 3. The summed E-state index contributed by atoms with van der Waals surface area (Å²) in [6.45, 7) is 0.625. The zero-order chi connectivity index (χ0) is 47.8. The fourth-order valence-corrected chi connectivity index (χ4v) is 9.87. The van der Waals surface area contributed by atoms with Crippen LogP contribution in [-0.4, -0.2) is 107 Å². The molecule has 4 amide bonds. The first-order chi connectivity index (χ1) is 30.0. The van der Waals surface area contributed by atoms with E-state index < -0.39 is 105 Å². The number of amides is 4. The maximum atomic E-state index is 14.7. The van der Waals surface area contributed by atoms with E-state index in [1.54, 1.807) is 19.1 Å². The van der Waals surface area contributed by atoms with Gasteiger partial charge in [0.1, 0.15) is 34.7 Å². The van der Waals surface area contributed by atoms with Crippen molar-refractivity contribution in [3.63, 3.8) is 0 Å². The summed E-state index contributed by atoms with van der Waals surface area (Å²) in [6.07, 6.45) is -14.4. The van der Waals surface area contributed by atoms with Gasteiger partial charge in [-0.25, -0.2) is 18.2 Å². The number of carbonyl (C=O) groups excluding carboxylic acids is 4. The Hall–Kier alpha value is -5.03. The molecule has 1 saturated heterocycles. The van der Waals surface area contributed by atoms with E-state index in [1.807, 2.05) is 5.32 Å². The minimum absolute atomic E-state index is 0.0310. The van der Waals surface area contributed by atoms with E-state index >= 15 is 0 Å². The Labute approximate surface area is 366 Å². The number of hydrogen-bond donors (Lipinski definition) is 3. The second kappa shape index (κ2) is 16.4. The highest BCUT2D eigenvalue weighted by atomic mass is 32.2. The number of sulfonamides is 1. The lowest BCUT2D eigenvalue weighted by molar-refractivity contribution is -0.358. The molecule has 1 aromatic heterocycles. The summed E-state index contributed by atoms with van der Waals surface area (Å²) in [4.78, 5) is 61.8. The van der Waals surface area contributed by atoms with Crippen molar-refractivity contribution < 1.29 is 81.3 Å². The van der Waals surface area contributed by atoms with Crippen molar-refractivity contribution in [3.8, 4) is 11.5 Å². The molecule has 65 heavy (non-hydrogen) atoms. The molecule has 5 unspecified atom stereocenters. The van der Waals surface area contributed by atoms with Crippen molar-refractivity contribution >= 4 is 44.7 Å². The number of aromatic nitrogens is 1. The van der Waals surface area contributed by atoms with Crippen LogP contribution in [0.1, 0.15) is 89.3 Å². The van der Waals surface area contributed by atoms with Gasteiger partial charge in [0.2, 0.25) is 21.8 Å². The van der Waals surface area contributed by atoms with Crippen molar-refractivity contribution in [3.05, 3.63) is 41.6 Å². The maximum absolute atomic E-state index is 14.7. The lowest BCUT2D eigenvalue weighted by Crippen LogP contribution is -2.60. The van der Waals surface area contributed by atoms with Crippen molar-refractivity contribution in [1.82, 2.24) is 25.2 Å². The number of alkyl carbamates (subject to hydrolysis) is 1. The summed E-state index contributed by atoms with van der Waals surface area (Å²) in [6, 6.07) is 0.685. The van der Waals surface area contributed by atoms with E-state index in [0.29, 0.717) is 41.4 Å². The maximum Gasteiger partial charge on any atom is 0.437 e. The second-order valence-corrected chi connectivity index (χ2v) is 20.1. The number of fused-ring (bicyclic) bond motifs is 5. The minimum atomic E-state index is -6.13. The standard InChI is InChI=1S/C41H46F9N5O9S/c1-22-30-25(26-17-24(11-12-27(26)51-22)62-21-39(42,43)44)13-14-37(63-30)19-29-31(56)53-38(33(58)54-65(60,61)35(2)15-16-35)18-23(38)9-7-5-4-6-8-10-28(32(57)55(29)20-37)52-34(59)64-36(3,40(45,46)47)41(48,49)50/h7,9,11-12,17,23,28-29H,4-6,8,10,13-16,18-21H2,1-3H3,(H,52,59)(H,53,56)(H,54,58). The summed E-state index contributed by atoms with van der Waals surface area (Å²) in [7, 11) is -4.21. The van der Waals surface area contributed by atoms with Gasteiger partial charge in [0.05, 0.1) is 22.5 Å². The zero-order valence-electron chi connectivity index (χ0n) is 35.2. The Morgan fingerprint density at radius 3 is 2.34 bits per heavy atom. The van der Waals surface area contributed by atoms with E-state index in [9.17, 15) is 67.1 Å². The van der Waals surface area contributed by atoms with Crippen LogP contribution in [0.5, 0.6) is 11.5 Å². The molecule has 2 aliphatic carbocycles. The third-order valence-corrected chi connectivity index (χ3v) is 15.2. The molecule has 358 valence electrons. The van der Waals surface area contributed by atoms with Gasteiger partial charge in [0.25, 0.3) is 11.5 Å². The van der Waals surface area contributed by atoms with Gasteiger partial charge in [-0.05, 0) is 90.3 Å². The number of halogens is 9. The molecule has 0 radical (unpaired) electrons. The third-order valence-electron chi connectivity index (χ3n) is 13.0. The van der Waals surface area contributed by atoms with Gasteiger partial charge in [-0.15, -0.1) is 0 Å². The molecule has 3 aliphatic heterocycles. The van der Waals surface area contributed by atoms with Crippen LogP contribution in [0.4, 0.5) is 44.3 Å². The molecule has 3 N–H and O–H groups in total. The summed E-state index contributed by atoms with van der Waals surface area (Å²) in [5.74, 6) is -3.78. The Kier molecular flexibility index (Phi) is 12.1. The van der Waals surface area contributed by atoms with E-state index in [0.717, 1.165) is 4.90 Å². The monoisotopic (exact) mass is 955 g/mol. The fourth-order valence-electron chi connectivity index (χ4n) is 8.56. The first kappa shape index (κ1) is 47.9. The van der Waals surface area contributed by atoms with Crippen LogP contribution in [0.3, 0.4) is 0 Å². The highest BCUT2D eigenvalue weighted by Crippen LogP contribution is 2.50. The lowest BCUT2D eigenvalue weighted by atomic mass is 9.87. The molecule has 0 bridgehead atoms. The molecule has 3 fully saturated rings. The van der Waals surface area contributed by atoms with Gasteiger partial charge >= 0.3 is 24.6 Å². The average molecular weight is 956 g/mol. The smallest absolute Gasteiger partial charge is 0.437 e. The second-order valence-electron chi connectivity index (χ2n) is 17.9. The molecular weight excluding hydrogens is 910 g/mol. The Morgan fingerprint density at radius 1 is 1.00 bits per heavy atom. The van der Waals surface area contributed by atoms with E-state index in [2.05, 4.69) is 19.8 Å². The Bertz CT molecular complexity index is 2390. The number of allylic oxidation sites excluding steroid dienone is 1. The van der Waals surface area contributed by atoms with Crippen molar-refractivity contribution in [1.29, 1.82) is 0 Å². The molecular formula is C41H46F9N5O9S. The fraction of sp³-hybridized carbons (Fsp3) is 0.634. The molecule has 14 nitrogen and oxygen atoms in total. The number of nitrogens with one attached hydrogen (secondary N) is 3. The van der Waals surface area contributed by atoms with Crippen LogP contribution in [0.25, 0.3) is 10.9 Å². The molecule has 2 saturated carbocycles. The van der Waals surface area contributed by atoms with Gasteiger partial charge < -0.3 is 29.7 Å². The van der Waals surface area contributed by atoms with Crippen LogP contribution in [0.15, 0.2) is 30.4 Å². The number of rotatable bonds is 7. The van der Waals surface area contributed by atoms with Crippen molar-refractivity contribution in [2.24, 2.45) is 5.92 Å². The van der Waals surface area contributed by atoms with Gasteiger partial charge in [0.15, 0.2) is 6.61 Å². The zero-order valence-corrected chi connectivity index (χ0v) is 36.0. The number of alkyl halides is 9. The van der Waals surface area contributed by atoms with Gasteiger partial charge in [-0.1, -0.05) is 25.0 Å². The highest BCUT2D eigenvalue weighted by molar-refractivity contribution is 7.91. The predicted octanol–water partition coefficient (Wildman–Crippen LogP) is 6.52. The van der Waals surface area contributed by atoms with Crippen LogP contribution >= 0.6 is 0 Å². The minimum Gasteiger partial charge on any atom is -0.484 e. The first-order valence-corrected chi connectivity index (χ1v) is 22.3. The lowest BCUT2D eigenvalue weighted by Gasteiger charge is -2.37. The molecule has 2 aromatic rings. The van der Waals surface area contributed by atoms with Crippen LogP contribution in [-0.2, 0) is 35.6 Å². The molecule has 1 spiro atoms. The number of nitrogens with zero attached hydrogens (tertiary/aromatic N) is 2. The first-order valence-electron chi connectivity index (χ1n) is 20.8. The quantitative estimate of drug-likeness (QED) is 0.204. The number of pyridine rings is 1. The average Bonchev–Trinajstić information content (AvgIpc) is 4.09. The molecule has 5 aliphatic rings. The van der Waals surface area contributed by atoms with Crippen molar-refractivity contribution in [2.45, 2.75) is 144 Å². The summed E-state index contributed by atoms with van der Waals surface area (Å²) >= 11 is 0. The van der Waals surface area contributed by atoms with Crippen LogP contribution in [0.2, 0.25) is 0 Å². The van der Waals surface area contributed by atoms with E-state index in [-0.39, 0.29) is 69.8 Å². The van der Waals surface area contributed by atoms with Gasteiger partial charge in [-0.2, -0.15) is 39.5 Å². The van der Waals surface area contributed by atoms with Crippen LogP contribution < -0.4 is 24.8 Å². The molecule has 4 heterocycles.